The lowest BCUT2D eigenvalue weighted by Gasteiger charge is -2.26. The van der Waals surface area contributed by atoms with Crippen molar-refractivity contribution in [2.45, 2.75) is 6.54 Å². The van der Waals surface area contributed by atoms with E-state index in [1.807, 2.05) is 12.1 Å². The van der Waals surface area contributed by atoms with Gasteiger partial charge in [0.2, 0.25) is 0 Å². The van der Waals surface area contributed by atoms with Crippen molar-refractivity contribution in [3.8, 4) is 0 Å². The third-order valence-electron chi connectivity index (χ3n) is 4.77. The summed E-state index contributed by atoms with van der Waals surface area (Å²) in [5.41, 5.74) is -0.854. The first kappa shape index (κ1) is 16.5. The fourth-order valence-corrected chi connectivity index (χ4v) is 4.81. The van der Waals surface area contributed by atoms with E-state index in [9.17, 15) is 14.7 Å². The Labute approximate surface area is 144 Å². The molecule has 0 radical (unpaired) electrons. The van der Waals surface area contributed by atoms with Gasteiger partial charge in [0, 0.05) is 57.6 Å². The predicted molar refractivity (Wildman–Crippen MR) is 88.8 cm³/mol. The van der Waals surface area contributed by atoms with Crippen molar-refractivity contribution in [2.75, 3.05) is 40.3 Å². The van der Waals surface area contributed by atoms with Crippen molar-refractivity contribution in [3.63, 3.8) is 0 Å². The molecule has 0 saturated carbocycles. The van der Waals surface area contributed by atoms with Crippen molar-refractivity contribution in [3.05, 3.63) is 21.3 Å². The Morgan fingerprint density at radius 2 is 2.13 bits per heavy atom. The number of urea groups is 1. The molecule has 3 heterocycles. The lowest BCUT2D eigenvalue weighted by atomic mass is 9.81. The minimum absolute atomic E-state index is 0.0284. The molecular formula is C15H20ClN3O3S. The van der Waals surface area contributed by atoms with Crippen molar-refractivity contribution >= 4 is 34.9 Å². The first-order valence-electron chi connectivity index (χ1n) is 7.48. The van der Waals surface area contributed by atoms with Gasteiger partial charge in [-0.2, -0.15) is 0 Å². The van der Waals surface area contributed by atoms with Crippen LogP contribution in [0.2, 0.25) is 4.34 Å². The predicted octanol–water partition coefficient (Wildman–Crippen LogP) is 1.90. The number of hydrogen-bond acceptors (Lipinski definition) is 4. The van der Waals surface area contributed by atoms with E-state index in [2.05, 4.69) is 4.90 Å². The zero-order valence-electron chi connectivity index (χ0n) is 13.2. The van der Waals surface area contributed by atoms with Gasteiger partial charge in [0.25, 0.3) is 0 Å². The number of carbonyl (C=O) groups is 2. The highest BCUT2D eigenvalue weighted by molar-refractivity contribution is 7.16. The first-order chi connectivity index (χ1) is 10.8. The van der Waals surface area contributed by atoms with Gasteiger partial charge in [0.05, 0.1) is 4.34 Å². The van der Waals surface area contributed by atoms with Gasteiger partial charge >= 0.3 is 12.0 Å². The molecule has 0 unspecified atom stereocenters. The largest absolute Gasteiger partial charge is 0.481 e. The molecule has 2 aliphatic heterocycles. The van der Waals surface area contributed by atoms with E-state index in [4.69, 9.17) is 11.6 Å². The van der Waals surface area contributed by atoms with Crippen LogP contribution in [-0.2, 0) is 11.3 Å². The zero-order chi connectivity index (χ0) is 16.8. The topological polar surface area (TPSA) is 64.1 Å². The van der Waals surface area contributed by atoms with Gasteiger partial charge in [-0.3, -0.25) is 9.69 Å². The summed E-state index contributed by atoms with van der Waals surface area (Å²) in [5.74, 6) is -0.831. The van der Waals surface area contributed by atoms with Crippen LogP contribution in [0, 0.1) is 11.3 Å². The fourth-order valence-electron chi connectivity index (χ4n) is 3.68. The number of rotatable bonds is 3. The highest BCUT2D eigenvalue weighted by Gasteiger charge is 2.58. The monoisotopic (exact) mass is 357 g/mol. The van der Waals surface area contributed by atoms with Gasteiger partial charge in [-0.15, -0.1) is 11.3 Å². The maximum atomic E-state index is 12.1. The number of carboxylic acid groups (broad SMARTS) is 1. The van der Waals surface area contributed by atoms with Gasteiger partial charge in [0.1, 0.15) is 5.41 Å². The van der Waals surface area contributed by atoms with Crippen LogP contribution >= 0.6 is 22.9 Å². The molecule has 0 bridgehead atoms. The maximum absolute atomic E-state index is 12.1. The second-order valence-corrected chi connectivity index (χ2v) is 8.39. The fraction of sp³-hybridized carbons (Fsp3) is 0.600. The lowest BCUT2D eigenvalue weighted by molar-refractivity contribution is -0.148. The summed E-state index contributed by atoms with van der Waals surface area (Å²) < 4.78 is 0.745. The first-order valence-corrected chi connectivity index (χ1v) is 8.67. The minimum atomic E-state index is -0.854. The number of carboxylic acids is 1. The van der Waals surface area contributed by atoms with Crippen LogP contribution in [-0.4, -0.2) is 72.1 Å². The third kappa shape index (κ3) is 2.93. The van der Waals surface area contributed by atoms with E-state index in [-0.39, 0.29) is 18.5 Å². The molecule has 0 aromatic carbocycles. The summed E-state index contributed by atoms with van der Waals surface area (Å²) in [5, 5.41) is 9.80. The van der Waals surface area contributed by atoms with Crippen LogP contribution in [0.5, 0.6) is 0 Å². The molecule has 1 aromatic heterocycles. The molecular weight excluding hydrogens is 338 g/mol. The van der Waals surface area contributed by atoms with Gasteiger partial charge < -0.3 is 14.9 Å². The minimum Gasteiger partial charge on any atom is -0.481 e. The van der Waals surface area contributed by atoms with Crippen molar-refractivity contribution in [2.24, 2.45) is 11.3 Å². The van der Waals surface area contributed by atoms with Gasteiger partial charge in [-0.1, -0.05) is 11.6 Å². The molecule has 126 valence electrons. The molecule has 2 fully saturated rings. The van der Waals surface area contributed by atoms with Crippen molar-refractivity contribution < 1.29 is 14.7 Å². The van der Waals surface area contributed by atoms with Crippen LogP contribution in [0.1, 0.15) is 4.88 Å². The van der Waals surface area contributed by atoms with Gasteiger partial charge in [-0.25, -0.2) is 4.79 Å². The van der Waals surface area contributed by atoms with E-state index in [1.54, 1.807) is 19.0 Å². The summed E-state index contributed by atoms with van der Waals surface area (Å²) in [6, 6.07) is 3.73. The van der Waals surface area contributed by atoms with E-state index >= 15 is 0 Å². The molecule has 2 aliphatic rings. The smallest absolute Gasteiger partial charge is 0.319 e. The molecule has 6 nitrogen and oxygen atoms in total. The number of nitrogens with zero attached hydrogens (tertiary/aromatic N) is 3. The molecule has 0 aliphatic carbocycles. The Bertz CT molecular complexity index is 635. The Hall–Kier alpha value is -1.31. The zero-order valence-corrected chi connectivity index (χ0v) is 14.7. The van der Waals surface area contributed by atoms with Crippen LogP contribution < -0.4 is 0 Å². The highest BCUT2D eigenvalue weighted by atomic mass is 35.5. The van der Waals surface area contributed by atoms with E-state index < -0.39 is 11.4 Å². The standard InChI is InChI=1S/C15H20ClN3O3S/c1-17(2)14(22)19-6-10-5-18(7-11-3-4-12(16)23-11)8-15(10,9-19)13(20)21/h3-4,10H,5-9H2,1-2H3,(H,20,21)/t10-,15-/m0/s1. The average Bonchev–Trinajstić information content (AvgIpc) is 3.11. The molecule has 0 spiro atoms. The molecule has 2 amide bonds. The normalized spacial score (nSPS) is 27.3. The summed E-state index contributed by atoms with van der Waals surface area (Å²) in [6.45, 7) is 2.67. The number of aliphatic carboxylic acids is 1. The number of hydrogen-bond donors (Lipinski definition) is 1. The van der Waals surface area contributed by atoms with E-state index in [0.717, 1.165) is 9.21 Å². The highest BCUT2D eigenvalue weighted by Crippen LogP contribution is 2.43. The summed E-state index contributed by atoms with van der Waals surface area (Å²) in [7, 11) is 3.38. The van der Waals surface area contributed by atoms with Gasteiger partial charge in [0.15, 0.2) is 0 Å². The Morgan fingerprint density at radius 3 is 2.65 bits per heavy atom. The Morgan fingerprint density at radius 1 is 1.39 bits per heavy atom. The summed E-state index contributed by atoms with van der Waals surface area (Å²) in [4.78, 5) is 30.6. The van der Waals surface area contributed by atoms with Crippen molar-refractivity contribution in [1.82, 2.24) is 14.7 Å². The number of thiophene rings is 1. The van der Waals surface area contributed by atoms with Crippen LogP contribution in [0.4, 0.5) is 4.79 Å². The summed E-state index contributed by atoms with van der Waals surface area (Å²) >= 11 is 7.48. The third-order valence-corrected chi connectivity index (χ3v) is 5.98. The Balaban J connectivity index is 1.73. The number of fused-ring (bicyclic) bond motifs is 1. The molecule has 23 heavy (non-hydrogen) atoms. The number of likely N-dealkylation sites (tertiary alicyclic amines) is 2. The Kier molecular flexibility index (Phi) is 4.29. The molecule has 2 saturated heterocycles. The average molecular weight is 358 g/mol. The summed E-state index contributed by atoms with van der Waals surface area (Å²) in [6.07, 6.45) is 0. The second-order valence-electron chi connectivity index (χ2n) is 6.59. The molecule has 3 rings (SSSR count). The van der Waals surface area contributed by atoms with Gasteiger partial charge in [-0.05, 0) is 12.1 Å². The SMILES string of the molecule is CN(C)C(=O)N1C[C@@H]2CN(Cc3ccc(Cl)s3)C[C@]2(C(=O)O)C1. The van der Waals surface area contributed by atoms with Crippen molar-refractivity contribution in [1.29, 1.82) is 0 Å². The maximum Gasteiger partial charge on any atom is 0.319 e. The molecule has 8 heteroatoms. The number of halogens is 1. The van der Waals surface area contributed by atoms with E-state index in [0.29, 0.717) is 26.2 Å². The molecule has 1 N–H and O–H groups in total. The lowest BCUT2D eigenvalue weighted by Crippen LogP contribution is -2.44. The van der Waals surface area contributed by atoms with Crippen LogP contribution in [0.3, 0.4) is 0 Å². The molecule has 1 aromatic rings. The van der Waals surface area contributed by atoms with Crippen LogP contribution in [0.25, 0.3) is 0 Å². The molecule has 2 atom stereocenters. The van der Waals surface area contributed by atoms with E-state index in [1.165, 1.54) is 16.2 Å². The second kappa shape index (κ2) is 5.96. The van der Waals surface area contributed by atoms with Crippen LogP contribution in [0.15, 0.2) is 12.1 Å². The quantitative estimate of drug-likeness (QED) is 0.897. The number of carbonyl (C=O) groups excluding carboxylic acids is 1. The number of amides is 2.